The van der Waals surface area contributed by atoms with Gasteiger partial charge in [-0.3, -0.25) is 10.2 Å². The lowest BCUT2D eigenvalue weighted by Gasteiger charge is -2.21. The topological polar surface area (TPSA) is 47.4 Å². The minimum atomic E-state index is -0.337. The molecule has 100 valence electrons. The maximum atomic E-state index is 13.2. The first-order valence-corrected chi connectivity index (χ1v) is 6.55. The summed E-state index contributed by atoms with van der Waals surface area (Å²) in [5.41, 5.74) is 1.52. The molecule has 1 N–H and O–H groups in total. The third-order valence-corrected chi connectivity index (χ3v) is 3.79. The van der Waals surface area contributed by atoms with Crippen LogP contribution >= 0.6 is 0 Å². The van der Waals surface area contributed by atoms with Crippen molar-refractivity contribution in [2.24, 2.45) is 0 Å². The Kier molecular flexibility index (Phi) is 2.97. The van der Waals surface area contributed by atoms with Crippen LogP contribution in [0.1, 0.15) is 24.0 Å². The number of carbonyl (C=O) groups excluding carboxylic acids is 1. The van der Waals surface area contributed by atoms with Gasteiger partial charge in [-0.1, -0.05) is 6.07 Å². The summed E-state index contributed by atoms with van der Waals surface area (Å²) in [6.45, 7) is 2.38. The van der Waals surface area contributed by atoms with Crippen LogP contribution in [0.25, 0.3) is 0 Å². The number of benzene rings is 1. The monoisotopic (exact) mass is 261 g/mol. The molecule has 3 rings (SSSR count). The van der Waals surface area contributed by atoms with Crippen molar-refractivity contribution in [1.29, 1.82) is 5.41 Å². The fraction of sp³-hybridized carbons (Fsp3) is 0.429. The summed E-state index contributed by atoms with van der Waals surface area (Å²) in [6, 6.07) is 4.47. The predicted octanol–water partition coefficient (Wildman–Crippen LogP) is 1.59. The molecule has 0 unspecified atom stereocenters. The first-order valence-electron chi connectivity index (χ1n) is 6.55. The molecule has 2 aliphatic rings. The van der Waals surface area contributed by atoms with Crippen LogP contribution < -0.4 is 0 Å². The molecule has 0 aromatic heterocycles. The molecule has 19 heavy (non-hydrogen) atoms. The van der Waals surface area contributed by atoms with E-state index in [1.165, 1.54) is 12.1 Å². The number of halogens is 1. The maximum absolute atomic E-state index is 13.2. The van der Waals surface area contributed by atoms with Gasteiger partial charge in [-0.25, -0.2) is 4.39 Å². The zero-order valence-electron chi connectivity index (χ0n) is 10.7. The fourth-order valence-electron chi connectivity index (χ4n) is 2.73. The van der Waals surface area contributed by atoms with Crippen LogP contribution in [0.15, 0.2) is 18.2 Å². The second kappa shape index (κ2) is 4.64. The second-order valence-electron chi connectivity index (χ2n) is 5.09. The van der Waals surface area contributed by atoms with Crippen molar-refractivity contribution in [2.75, 3.05) is 19.6 Å². The van der Waals surface area contributed by atoms with Crippen molar-refractivity contribution >= 4 is 11.7 Å². The fourth-order valence-corrected chi connectivity index (χ4v) is 2.73. The molecule has 1 fully saturated rings. The molecule has 1 saturated heterocycles. The molecule has 0 radical (unpaired) electrons. The van der Waals surface area contributed by atoms with E-state index in [2.05, 4.69) is 0 Å². The number of carbonyl (C=O) groups is 1. The zero-order chi connectivity index (χ0) is 13.4. The van der Waals surface area contributed by atoms with Crippen molar-refractivity contribution in [1.82, 2.24) is 9.80 Å². The van der Waals surface area contributed by atoms with Gasteiger partial charge in [0.25, 0.3) is 0 Å². The summed E-state index contributed by atoms with van der Waals surface area (Å²) in [5, 5.41) is 8.04. The summed E-state index contributed by atoms with van der Waals surface area (Å²) in [5.74, 6) is -0.0196. The lowest BCUT2D eigenvalue weighted by molar-refractivity contribution is -0.130. The van der Waals surface area contributed by atoms with Gasteiger partial charge in [0.05, 0.1) is 6.54 Å². The number of amidine groups is 1. The van der Waals surface area contributed by atoms with Crippen LogP contribution in [-0.4, -0.2) is 41.2 Å². The van der Waals surface area contributed by atoms with Crippen LogP contribution in [-0.2, 0) is 11.3 Å². The third kappa shape index (κ3) is 2.20. The van der Waals surface area contributed by atoms with Crippen molar-refractivity contribution < 1.29 is 9.18 Å². The van der Waals surface area contributed by atoms with Gasteiger partial charge >= 0.3 is 0 Å². The van der Waals surface area contributed by atoms with Gasteiger partial charge in [-0.2, -0.15) is 0 Å². The highest BCUT2D eigenvalue weighted by atomic mass is 19.1. The van der Waals surface area contributed by atoms with Gasteiger partial charge in [-0.15, -0.1) is 0 Å². The minimum Gasteiger partial charge on any atom is -0.343 e. The average Bonchev–Trinajstić information content (AvgIpc) is 3.00. The summed E-state index contributed by atoms with van der Waals surface area (Å²) < 4.78 is 13.2. The van der Waals surface area contributed by atoms with Gasteiger partial charge in [0.2, 0.25) is 5.91 Å². The van der Waals surface area contributed by atoms with Crippen molar-refractivity contribution in [3.63, 3.8) is 0 Å². The highest BCUT2D eigenvalue weighted by molar-refractivity contribution is 6.02. The molecule has 0 bridgehead atoms. The Morgan fingerprint density at radius 1 is 1.32 bits per heavy atom. The van der Waals surface area contributed by atoms with E-state index in [-0.39, 0.29) is 24.1 Å². The highest BCUT2D eigenvalue weighted by Gasteiger charge is 2.28. The van der Waals surface area contributed by atoms with Gasteiger partial charge in [0.1, 0.15) is 11.7 Å². The van der Waals surface area contributed by atoms with Gasteiger partial charge < -0.3 is 9.80 Å². The predicted molar refractivity (Wildman–Crippen MR) is 69.5 cm³/mol. The van der Waals surface area contributed by atoms with Crippen LogP contribution in [0.4, 0.5) is 4.39 Å². The Hall–Kier alpha value is -1.91. The number of hydrogen-bond donors (Lipinski definition) is 1. The average molecular weight is 261 g/mol. The number of nitrogens with one attached hydrogen (secondary N) is 1. The third-order valence-electron chi connectivity index (χ3n) is 3.79. The van der Waals surface area contributed by atoms with Crippen LogP contribution in [0.5, 0.6) is 0 Å². The maximum Gasteiger partial charge on any atom is 0.242 e. The van der Waals surface area contributed by atoms with E-state index in [0.29, 0.717) is 12.1 Å². The Labute approximate surface area is 111 Å². The molecule has 0 atom stereocenters. The zero-order valence-corrected chi connectivity index (χ0v) is 10.7. The van der Waals surface area contributed by atoms with E-state index in [0.717, 1.165) is 31.5 Å². The number of fused-ring (bicyclic) bond motifs is 1. The quantitative estimate of drug-likeness (QED) is 0.878. The smallest absolute Gasteiger partial charge is 0.242 e. The van der Waals surface area contributed by atoms with Gasteiger partial charge in [0, 0.05) is 25.2 Å². The Morgan fingerprint density at radius 2 is 2.05 bits per heavy atom. The first-order chi connectivity index (χ1) is 9.15. The van der Waals surface area contributed by atoms with E-state index in [4.69, 9.17) is 5.41 Å². The lowest BCUT2D eigenvalue weighted by Crippen LogP contribution is -2.39. The number of amides is 1. The molecular weight excluding hydrogens is 245 g/mol. The normalized spacial score (nSPS) is 18.1. The van der Waals surface area contributed by atoms with Gasteiger partial charge in [-0.05, 0) is 30.5 Å². The molecule has 5 heteroatoms. The lowest BCUT2D eigenvalue weighted by atomic mass is 10.1. The van der Waals surface area contributed by atoms with E-state index < -0.39 is 0 Å². The molecule has 1 aromatic rings. The molecular formula is C14H16FN3O. The van der Waals surface area contributed by atoms with Gasteiger partial charge in [0.15, 0.2) is 0 Å². The molecule has 0 aliphatic carbocycles. The van der Waals surface area contributed by atoms with E-state index >= 15 is 0 Å². The Balaban J connectivity index is 1.71. The summed E-state index contributed by atoms with van der Waals surface area (Å²) >= 11 is 0. The van der Waals surface area contributed by atoms with E-state index in [1.807, 2.05) is 4.90 Å². The molecule has 1 amide bonds. The van der Waals surface area contributed by atoms with Crippen LogP contribution in [0, 0.1) is 11.2 Å². The summed E-state index contributed by atoms with van der Waals surface area (Å²) in [6.07, 6.45) is 2.13. The highest BCUT2D eigenvalue weighted by Crippen LogP contribution is 2.23. The van der Waals surface area contributed by atoms with Crippen LogP contribution in [0.2, 0.25) is 0 Å². The number of rotatable bonds is 2. The van der Waals surface area contributed by atoms with Crippen LogP contribution in [0.3, 0.4) is 0 Å². The number of hydrogen-bond acceptors (Lipinski definition) is 2. The largest absolute Gasteiger partial charge is 0.343 e. The molecule has 4 nitrogen and oxygen atoms in total. The molecule has 1 aromatic carbocycles. The summed E-state index contributed by atoms with van der Waals surface area (Å²) in [7, 11) is 0. The van der Waals surface area contributed by atoms with Crippen molar-refractivity contribution in [3.8, 4) is 0 Å². The van der Waals surface area contributed by atoms with E-state index in [1.54, 1.807) is 11.0 Å². The van der Waals surface area contributed by atoms with E-state index in [9.17, 15) is 9.18 Å². The molecule has 0 spiro atoms. The minimum absolute atomic E-state index is 0.0653. The first kappa shape index (κ1) is 12.1. The van der Waals surface area contributed by atoms with Crippen molar-refractivity contribution in [3.05, 3.63) is 35.1 Å². The molecule has 2 heterocycles. The van der Waals surface area contributed by atoms with Crippen molar-refractivity contribution in [2.45, 2.75) is 19.4 Å². The molecule has 0 saturated carbocycles. The standard InChI is InChI=1S/C14H16FN3O/c15-11-4-3-10-8-18(14(16)12(10)7-11)9-13(19)17-5-1-2-6-17/h3-4,7,16H,1-2,5-6,8-9H2. The summed E-state index contributed by atoms with van der Waals surface area (Å²) in [4.78, 5) is 15.6. The Bertz CT molecular complexity index is 537. The molecule has 2 aliphatic heterocycles. The second-order valence-corrected chi connectivity index (χ2v) is 5.09. The Morgan fingerprint density at radius 3 is 2.79 bits per heavy atom. The number of nitrogens with zero attached hydrogens (tertiary/aromatic N) is 2. The SMILES string of the molecule is N=C1c2cc(F)ccc2CN1CC(=O)N1CCCC1. The number of likely N-dealkylation sites (tertiary alicyclic amines) is 1.